The number of thiophene rings is 1. The molecule has 1 heterocycles. The van der Waals surface area contributed by atoms with Crippen LogP contribution < -0.4 is 10.1 Å². The van der Waals surface area contributed by atoms with E-state index >= 15 is 0 Å². The standard InChI is InChI=1S/C22H18N2O2S/c23-14-19-18-8-4-5-9-20(18)27-22(19)24-21(25)15-10-12-17(13-11-15)26-16-6-2-1-3-7-16/h1-3,6-7,10-13H,4-5,8-9H2,(H,24,25). The van der Waals surface area contributed by atoms with Crippen LogP contribution in [0.1, 0.15) is 39.2 Å². The molecule has 1 aliphatic carbocycles. The number of carbonyl (C=O) groups excluding carboxylic acids is 1. The third kappa shape index (κ3) is 3.71. The number of aryl methyl sites for hydroxylation is 1. The maximum absolute atomic E-state index is 12.6. The Bertz CT molecular complexity index is 1000. The maximum Gasteiger partial charge on any atom is 0.256 e. The summed E-state index contributed by atoms with van der Waals surface area (Å²) in [4.78, 5) is 13.8. The highest BCUT2D eigenvalue weighted by molar-refractivity contribution is 7.16. The van der Waals surface area contributed by atoms with E-state index in [9.17, 15) is 10.1 Å². The zero-order valence-corrected chi connectivity index (χ0v) is 15.5. The van der Waals surface area contributed by atoms with Gasteiger partial charge in [-0.1, -0.05) is 18.2 Å². The van der Waals surface area contributed by atoms with Crippen molar-refractivity contribution in [1.29, 1.82) is 5.26 Å². The summed E-state index contributed by atoms with van der Waals surface area (Å²) in [5, 5.41) is 13.1. The third-order valence-electron chi connectivity index (χ3n) is 4.61. The number of ether oxygens (including phenoxy) is 1. The van der Waals surface area contributed by atoms with Crippen molar-refractivity contribution in [2.75, 3.05) is 5.32 Å². The lowest BCUT2D eigenvalue weighted by atomic mass is 9.96. The predicted octanol–water partition coefficient (Wildman–Crippen LogP) is 5.54. The van der Waals surface area contributed by atoms with Crippen LogP contribution in [-0.2, 0) is 12.8 Å². The van der Waals surface area contributed by atoms with E-state index in [4.69, 9.17) is 4.74 Å². The predicted molar refractivity (Wildman–Crippen MR) is 107 cm³/mol. The van der Waals surface area contributed by atoms with Gasteiger partial charge in [0.15, 0.2) is 0 Å². The molecule has 0 aliphatic heterocycles. The van der Waals surface area contributed by atoms with Crippen molar-refractivity contribution in [1.82, 2.24) is 0 Å². The Balaban J connectivity index is 1.49. The Hall–Kier alpha value is -3.10. The highest BCUT2D eigenvalue weighted by Gasteiger charge is 2.22. The molecule has 5 heteroatoms. The van der Waals surface area contributed by atoms with Crippen LogP contribution in [-0.4, -0.2) is 5.91 Å². The summed E-state index contributed by atoms with van der Waals surface area (Å²) in [7, 11) is 0. The minimum absolute atomic E-state index is 0.212. The average Bonchev–Trinajstić information content (AvgIpc) is 3.06. The van der Waals surface area contributed by atoms with Crippen LogP contribution >= 0.6 is 11.3 Å². The van der Waals surface area contributed by atoms with E-state index in [2.05, 4.69) is 11.4 Å². The van der Waals surface area contributed by atoms with Gasteiger partial charge in [-0.2, -0.15) is 5.26 Å². The molecule has 0 fully saturated rings. The lowest BCUT2D eigenvalue weighted by Crippen LogP contribution is -2.11. The summed E-state index contributed by atoms with van der Waals surface area (Å²) in [5.74, 6) is 1.20. The molecule has 4 rings (SSSR count). The fourth-order valence-corrected chi connectivity index (χ4v) is 4.48. The molecular formula is C22H18N2O2S. The lowest BCUT2D eigenvalue weighted by molar-refractivity contribution is 0.102. The fraction of sp³-hybridized carbons (Fsp3) is 0.182. The second-order valence-corrected chi connectivity index (χ2v) is 7.53. The molecule has 1 amide bonds. The van der Waals surface area contributed by atoms with Gasteiger partial charge < -0.3 is 10.1 Å². The topological polar surface area (TPSA) is 62.1 Å². The first-order valence-corrected chi connectivity index (χ1v) is 9.75. The number of nitrogens with one attached hydrogen (secondary N) is 1. The van der Waals surface area contributed by atoms with Crippen molar-refractivity contribution in [3.63, 3.8) is 0 Å². The summed E-state index contributed by atoms with van der Waals surface area (Å²) < 4.78 is 5.75. The van der Waals surface area contributed by atoms with Gasteiger partial charge in [0.05, 0.1) is 5.56 Å². The summed E-state index contributed by atoms with van der Waals surface area (Å²) >= 11 is 1.54. The molecule has 0 unspecified atom stereocenters. The van der Waals surface area contributed by atoms with Crippen LogP contribution in [0.3, 0.4) is 0 Å². The van der Waals surface area contributed by atoms with Crippen LogP contribution in [0.25, 0.3) is 0 Å². The highest BCUT2D eigenvalue weighted by atomic mass is 32.1. The Morgan fingerprint density at radius 1 is 1.00 bits per heavy atom. The molecule has 3 aromatic rings. The van der Waals surface area contributed by atoms with Crippen LogP contribution in [0, 0.1) is 11.3 Å². The van der Waals surface area contributed by atoms with E-state index < -0.39 is 0 Å². The molecule has 4 nitrogen and oxygen atoms in total. The van der Waals surface area contributed by atoms with Gasteiger partial charge in [0.1, 0.15) is 22.6 Å². The van der Waals surface area contributed by atoms with Gasteiger partial charge in [0, 0.05) is 10.4 Å². The number of rotatable bonds is 4. The van der Waals surface area contributed by atoms with Crippen LogP contribution in [0.5, 0.6) is 11.5 Å². The Morgan fingerprint density at radius 3 is 2.44 bits per heavy atom. The summed E-state index contributed by atoms with van der Waals surface area (Å²) in [6, 6.07) is 18.8. The number of benzene rings is 2. The van der Waals surface area contributed by atoms with Crippen LogP contribution in [0.2, 0.25) is 0 Å². The quantitative estimate of drug-likeness (QED) is 0.652. The molecule has 0 saturated heterocycles. The van der Waals surface area contributed by atoms with Crippen molar-refractivity contribution in [2.24, 2.45) is 0 Å². The molecule has 1 aromatic heterocycles. The number of hydrogen-bond donors (Lipinski definition) is 1. The van der Waals surface area contributed by atoms with Crippen molar-refractivity contribution < 1.29 is 9.53 Å². The van der Waals surface area contributed by atoms with Crippen molar-refractivity contribution in [2.45, 2.75) is 25.7 Å². The highest BCUT2D eigenvalue weighted by Crippen LogP contribution is 2.37. The van der Waals surface area contributed by atoms with Crippen molar-refractivity contribution in [3.8, 4) is 17.6 Å². The van der Waals surface area contributed by atoms with Gasteiger partial charge in [0.2, 0.25) is 0 Å². The van der Waals surface area contributed by atoms with E-state index in [-0.39, 0.29) is 5.91 Å². The van der Waals surface area contributed by atoms with Crippen molar-refractivity contribution in [3.05, 3.63) is 76.2 Å². The van der Waals surface area contributed by atoms with Gasteiger partial charge in [-0.15, -0.1) is 11.3 Å². The zero-order valence-electron chi connectivity index (χ0n) is 14.7. The van der Waals surface area contributed by atoms with Gasteiger partial charge in [-0.05, 0) is 67.6 Å². The van der Waals surface area contributed by atoms with E-state index in [1.165, 1.54) is 16.2 Å². The SMILES string of the molecule is N#Cc1c(NC(=O)c2ccc(Oc3ccccc3)cc2)sc2c1CCCC2. The smallest absolute Gasteiger partial charge is 0.256 e. The number of para-hydroxylation sites is 1. The first kappa shape index (κ1) is 17.3. The largest absolute Gasteiger partial charge is 0.457 e. The van der Waals surface area contributed by atoms with Gasteiger partial charge in [0.25, 0.3) is 5.91 Å². The van der Waals surface area contributed by atoms with Crippen LogP contribution in [0.4, 0.5) is 5.00 Å². The lowest BCUT2D eigenvalue weighted by Gasteiger charge is -2.09. The van der Waals surface area contributed by atoms with Crippen LogP contribution in [0.15, 0.2) is 54.6 Å². The number of amides is 1. The molecule has 0 saturated carbocycles. The fourth-order valence-electron chi connectivity index (χ4n) is 3.25. The molecule has 1 aliphatic rings. The monoisotopic (exact) mass is 374 g/mol. The summed E-state index contributed by atoms with van der Waals surface area (Å²) in [5.41, 5.74) is 2.29. The molecule has 0 radical (unpaired) electrons. The Labute approximate surface area is 162 Å². The minimum Gasteiger partial charge on any atom is -0.457 e. The molecule has 0 atom stereocenters. The zero-order chi connectivity index (χ0) is 18.6. The minimum atomic E-state index is -0.212. The van der Waals surface area contributed by atoms with E-state index in [0.717, 1.165) is 37.0 Å². The van der Waals surface area contributed by atoms with E-state index in [1.807, 2.05) is 30.3 Å². The van der Waals surface area contributed by atoms with Gasteiger partial charge in [-0.3, -0.25) is 4.79 Å². The Kier molecular flexibility index (Phi) is 4.91. The number of nitriles is 1. The van der Waals surface area contributed by atoms with Gasteiger partial charge >= 0.3 is 0 Å². The van der Waals surface area contributed by atoms with E-state index in [1.54, 1.807) is 24.3 Å². The normalized spacial score (nSPS) is 12.7. The number of fused-ring (bicyclic) bond motifs is 1. The second kappa shape index (κ2) is 7.65. The second-order valence-electron chi connectivity index (χ2n) is 6.42. The third-order valence-corrected chi connectivity index (χ3v) is 5.81. The summed E-state index contributed by atoms with van der Waals surface area (Å²) in [6.45, 7) is 0. The molecule has 1 N–H and O–H groups in total. The number of carbonyl (C=O) groups is 1. The number of nitrogens with zero attached hydrogens (tertiary/aromatic N) is 1. The molecule has 0 spiro atoms. The van der Waals surface area contributed by atoms with E-state index in [0.29, 0.717) is 21.9 Å². The first-order chi connectivity index (χ1) is 13.2. The Morgan fingerprint density at radius 2 is 1.70 bits per heavy atom. The molecule has 2 aromatic carbocycles. The maximum atomic E-state index is 12.6. The molecule has 0 bridgehead atoms. The first-order valence-electron chi connectivity index (χ1n) is 8.93. The van der Waals surface area contributed by atoms with Crippen molar-refractivity contribution >= 4 is 22.2 Å². The van der Waals surface area contributed by atoms with Gasteiger partial charge in [-0.25, -0.2) is 0 Å². The molecule has 27 heavy (non-hydrogen) atoms. The number of anilines is 1. The number of hydrogen-bond acceptors (Lipinski definition) is 4. The molecule has 134 valence electrons. The molecular weight excluding hydrogens is 356 g/mol. The summed E-state index contributed by atoms with van der Waals surface area (Å²) in [6.07, 6.45) is 4.18. The average molecular weight is 374 g/mol.